The average Bonchev–Trinajstić information content (AvgIpc) is 2.77. The largest absolute Gasteiger partial charge is 0.489 e. The summed E-state index contributed by atoms with van der Waals surface area (Å²) in [5.41, 5.74) is 2.24. The van der Waals surface area contributed by atoms with Crippen molar-refractivity contribution in [1.82, 2.24) is 5.32 Å². The van der Waals surface area contributed by atoms with Crippen LogP contribution in [0.1, 0.15) is 43.2 Å². The Balaban J connectivity index is 1.52. The van der Waals surface area contributed by atoms with Crippen molar-refractivity contribution >= 4 is 5.97 Å². The lowest BCUT2D eigenvalue weighted by molar-refractivity contribution is -0.143. The molecule has 1 aliphatic rings. The van der Waals surface area contributed by atoms with Gasteiger partial charge >= 0.3 is 5.97 Å². The minimum atomic E-state index is -0.303. The lowest BCUT2D eigenvalue weighted by Gasteiger charge is -2.24. The lowest BCUT2D eigenvalue weighted by Crippen LogP contribution is -2.42. The number of nitrogens with one attached hydrogen (secondary N) is 1. The van der Waals surface area contributed by atoms with Gasteiger partial charge in [-0.25, -0.2) is 0 Å². The molecule has 0 amide bonds. The van der Waals surface area contributed by atoms with Crippen LogP contribution in [0.15, 0.2) is 54.6 Å². The van der Waals surface area contributed by atoms with Crippen LogP contribution in [0, 0.1) is 5.92 Å². The number of carbonyl (C=O) groups is 1. The number of hydrogen-bond donors (Lipinski definition) is 1. The Morgan fingerprint density at radius 2 is 1.71 bits per heavy atom. The highest BCUT2D eigenvalue weighted by molar-refractivity contribution is 5.76. The average molecular weight is 382 g/mol. The highest BCUT2D eigenvalue weighted by Gasteiger charge is 2.21. The molecule has 28 heavy (non-hydrogen) atoms. The van der Waals surface area contributed by atoms with E-state index in [-0.39, 0.29) is 12.0 Å². The van der Waals surface area contributed by atoms with E-state index in [1.807, 2.05) is 54.6 Å². The first-order valence-corrected chi connectivity index (χ1v) is 10.3. The first kappa shape index (κ1) is 20.4. The summed E-state index contributed by atoms with van der Waals surface area (Å²) in [7, 11) is 1.46. The maximum absolute atomic E-state index is 12.2. The van der Waals surface area contributed by atoms with Gasteiger partial charge in [-0.1, -0.05) is 61.7 Å². The molecule has 0 unspecified atom stereocenters. The molecule has 0 radical (unpaired) electrons. The molecule has 1 saturated carbocycles. The van der Waals surface area contributed by atoms with Gasteiger partial charge < -0.3 is 14.8 Å². The Labute approximate surface area is 168 Å². The van der Waals surface area contributed by atoms with E-state index in [0.29, 0.717) is 18.9 Å². The second-order valence-electron chi connectivity index (χ2n) is 7.61. The smallest absolute Gasteiger partial charge is 0.323 e. The normalized spacial score (nSPS) is 15.8. The van der Waals surface area contributed by atoms with Crippen molar-refractivity contribution in [3.8, 4) is 5.75 Å². The molecular weight excluding hydrogens is 350 g/mol. The molecule has 0 heterocycles. The van der Waals surface area contributed by atoms with E-state index in [2.05, 4.69) is 5.32 Å². The van der Waals surface area contributed by atoms with Gasteiger partial charge in [-0.2, -0.15) is 0 Å². The van der Waals surface area contributed by atoms with Gasteiger partial charge in [0.15, 0.2) is 0 Å². The molecule has 1 N–H and O–H groups in total. The van der Waals surface area contributed by atoms with Gasteiger partial charge in [0.2, 0.25) is 0 Å². The van der Waals surface area contributed by atoms with Gasteiger partial charge in [-0.15, -0.1) is 0 Å². The molecule has 150 valence electrons. The molecule has 2 aromatic rings. The van der Waals surface area contributed by atoms with Crippen LogP contribution >= 0.6 is 0 Å². The second-order valence-corrected chi connectivity index (χ2v) is 7.61. The molecule has 4 nitrogen and oxygen atoms in total. The van der Waals surface area contributed by atoms with Crippen LogP contribution in [0.2, 0.25) is 0 Å². The molecular formula is C24H31NO3. The van der Waals surface area contributed by atoms with E-state index in [1.165, 1.54) is 39.2 Å². The highest BCUT2D eigenvalue weighted by Crippen LogP contribution is 2.23. The van der Waals surface area contributed by atoms with Crippen LogP contribution in [-0.4, -0.2) is 25.7 Å². The van der Waals surface area contributed by atoms with Crippen molar-refractivity contribution in [1.29, 1.82) is 0 Å². The fourth-order valence-corrected chi connectivity index (χ4v) is 3.78. The van der Waals surface area contributed by atoms with E-state index >= 15 is 0 Å². The number of carbonyl (C=O) groups excluding carboxylic acids is 1. The third-order valence-corrected chi connectivity index (χ3v) is 5.47. The van der Waals surface area contributed by atoms with Crippen LogP contribution in [0.25, 0.3) is 0 Å². The zero-order valence-corrected chi connectivity index (χ0v) is 16.7. The Kier molecular flexibility index (Phi) is 7.92. The molecule has 0 saturated heterocycles. The van der Waals surface area contributed by atoms with Gasteiger partial charge in [0.05, 0.1) is 7.11 Å². The SMILES string of the molecule is COC(=O)[C@H](Cc1ccc(OCc2ccccc2)cc1)NCC1CCCCC1. The first-order chi connectivity index (χ1) is 13.7. The van der Waals surface area contributed by atoms with Crippen LogP contribution in [0.4, 0.5) is 0 Å². The Morgan fingerprint density at radius 1 is 1.00 bits per heavy atom. The summed E-state index contributed by atoms with van der Waals surface area (Å²) in [5, 5.41) is 3.44. The summed E-state index contributed by atoms with van der Waals surface area (Å²) >= 11 is 0. The van der Waals surface area contributed by atoms with Crippen molar-refractivity contribution in [3.63, 3.8) is 0 Å². The first-order valence-electron chi connectivity index (χ1n) is 10.3. The van der Waals surface area contributed by atoms with Gasteiger partial charge in [0.1, 0.15) is 18.4 Å². The monoisotopic (exact) mass is 381 g/mol. The van der Waals surface area contributed by atoms with E-state index < -0.39 is 0 Å². The number of methoxy groups -OCH3 is 1. The number of hydrogen-bond acceptors (Lipinski definition) is 4. The van der Waals surface area contributed by atoms with Crippen molar-refractivity contribution in [2.45, 2.75) is 51.2 Å². The van der Waals surface area contributed by atoms with Crippen LogP contribution < -0.4 is 10.1 Å². The highest BCUT2D eigenvalue weighted by atomic mass is 16.5. The number of rotatable bonds is 9. The van der Waals surface area contributed by atoms with Gasteiger partial charge in [0.25, 0.3) is 0 Å². The summed E-state index contributed by atoms with van der Waals surface area (Å²) < 4.78 is 10.8. The zero-order valence-electron chi connectivity index (χ0n) is 16.7. The molecule has 1 aliphatic carbocycles. The molecule has 0 bridgehead atoms. The van der Waals surface area contributed by atoms with Crippen molar-refractivity contribution in [2.24, 2.45) is 5.92 Å². The van der Waals surface area contributed by atoms with Crippen molar-refractivity contribution < 1.29 is 14.3 Å². The summed E-state index contributed by atoms with van der Waals surface area (Å²) in [4.78, 5) is 12.2. The van der Waals surface area contributed by atoms with Crippen LogP contribution in [-0.2, 0) is 22.6 Å². The molecule has 4 heteroatoms. The minimum absolute atomic E-state index is 0.194. The fraction of sp³-hybridized carbons (Fsp3) is 0.458. The van der Waals surface area contributed by atoms with Gasteiger partial charge in [0, 0.05) is 0 Å². The van der Waals surface area contributed by atoms with Gasteiger partial charge in [-0.05, 0) is 55.0 Å². The topological polar surface area (TPSA) is 47.6 Å². The minimum Gasteiger partial charge on any atom is -0.489 e. The van der Waals surface area contributed by atoms with Crippen molar-refractivity contribution in [3.05, 3.63) is 65.7 Å². The molecule has 0 aromatic heterocycles. The Morgan fingerprint density at radius 3 is 2.39 bits per heavy atom. The fourth-order valence-electron chi connectivity index (χ4n) is 3.78. The van der Waals surface area contributed by atoms with E-state index in [0.717, 1.165) is 23.4 Å². The standard InChI is InChI=1S/C24H31NO3/c1-27-24(26)23(25-17-20-8-4-2-5-9-20)16-19-12-14-22(15-13-19)28-18-21-10-6-3-7-11-21/h3,6-7,10-15,20,23,25H,2,4-5,8-9,16-18H2,1H3/t23-/m0/s1. The summed E-state index contributed by atoms with van der Waals surface area (Å²) in [5.74, 6) is 1.31. The maximum Gasteiger partial charge on any atom is 0.323 e. The zero-order chi connectivity index (χ0) is 19.6. The summed E-state index contributed by atoms with van der Waals surface area (Å²) in [6, 6.07) is 17.8. The maximum atomic E-state index is 12.2. The molecule has 0 aliphatic heterocycles. The predicted molar refractivity (Wildman–Crippen MR) is 111 cm³/mol. The second kappa shape index (κ2) is 10.9. The molecule has 1 fully saturated rings. The number of benzene rings is 2. The van der Waals surface area contributed by atoms with Gasteiger partial charge in [-0.3, -0.25) is 4.79 Å². The summed E-state index contributed by atoms with van der Waals surface area (Å²) in [6.45, 7) is 1.44. The Hall–Kier alpha value is -2.33. The van der Waals surface area contributed by atoms with Crippen molar-refractivity contribution in [2.75, 3.05) is 13.7 Å². The lowest BCUT2D eigenvalue weighted by atomic mass is 9.89. The summed E-state index contributed by atoms with van der Waals surface area (Å²) in [6.07, 6.45) is 7.09. The number of esters is 1. The molecule has 1 atom stereocenters. The predicted octanol–water partition coefficient (Wildman–Crippen LogP) is 4.52. The van der Waals surface area contributed by atoms with E-state index in [9.17, 15) is 4.79 Å². The number of ether oxygens (including phenoxy) is 2. The van der Waals surface area contributed by atoms with Crippen LogP contribution in [0.3, 0.4) is 0 Å². The van der Waals surface area contributed by atoms with Crippen LogP contribution in [0.5, 0.6) is 5.75 Å². The molecule has 3 rings (SSSR count). The van der Waals surface area contributed by atoms with E-state index in [4.69, 9.17) is 9.47 Å². The quantitative estimate of drug-likeness (QED) is 0.649. The molecule has 0 spiro atoms. The van der Waals surface area contributed by atoms with E-state index in [1.54, 1.807) is 0 Å². The third kappa shape index (κ3) is 6.38. The third-order valence-electron chi connectivity index (χ3n) is 5.47. The molecule has 2 aromatic carbocycles. The Bertz CT molecular complexity index is 708.